The number of ether oxygens (including phenoxy) is 1. The standard InChI is InChI=1S/C18H19N3O2S/c1-13-7-9-14(10-8-13)23-12-11-21(2)18(22)20-17-19-15-5-3-4-6-16(15)24-17/h3-10H,11-12H2,1-2H3,(H,19,20,22). The number of amides is 2. The van der Waals surface area contributed by atoms with Gasteiger partial charge in [0.25, 0.3) is 0 Å². The molecule has 0 aliphatic rings. The second-order valence-electron chi connectivity index (χ2n) is 5.50. The Morgan fingerprint density at radius 2 is 1.96 bits per heavy atom. The molecule has 1 aromatic heterocycles. The van der Waals surface area contributed by atoms with Gasteiger partial charge in [-0.3, -0.25) is 5.32 Å². The van der Waals surface area contributed by atoms with E-state index >= 15 is 0 Å². The van der Waals surface area contributed by atoms with Crippen molar-refractivity contribution in [3.8, 4) is 5.75 Å². The summed E-state index contributed by atoms with van der Waals surface area (Å²) in [4.78, 5) is 18.2. The first kappa shape index (κ1) is 16.3. The number of rotatable bonds is 5. The van der Waals surface area contributed by atoms with Gasteiger partial charge in [0.2, 0.25) is 0 Å². The number of fused-ring (bicyclic) bond motifs is 1. The maximum Gasteiger partial charge on any atom is 0.323 e. The molecular weight excluding hydrogens is 322 g/mol. The van der Waals surface area contributed by atoms with Crippen LogP contribution in [0.3, 0.4) is 0 Å². The van der Waals surface area contributed by atoms with Crippen LogP contribution in [0.25, 0.3) is 10.2 Å². The van der Waals surface area contributed by atoms with Gasteiger partial charge in [0, 0.05) is 7.05 Å². The van der Waals surface area contributed by atoms with Crippen molar-refractivity contribution in [2.45, 2.75) is 6.92 Å². The lowest BCUT2D eigenvalue weighted by Crippen LogP contribution is -2.34. The van der Waals surface area contributed by atoms with Crippen LogP contribution < -0.4 is 10.1 Å². The van der Waals surface area contributed by atoms with Crippen LogP contribution >= 0.6 is 11.3 Å². The minimum Gasteiger partial charge on any atom is -0.492 e. The van der Waals surface area contributed by atoms with Gasteiger partial charge < -0.3 is 9.64 Å². The third-order valence-corrected chi connectivity index (χ3v) is 4.52. The zero-order valence-electron chi connectivity index (χ0n) is 13.7. The van der Waals surface area contributed by atoms with Crippen molar-refractivity contribution in [2.24, 2.45) is 0 Å². The van der Waals surface area contributed by atoms with Gasteiger partial charge in [-0.25, -0.2) is 9.78 Å². The summed E-state index contributed by atoms with van der Waals surface area (Å²) in [6, 6.07) is 15.5. The third-order valence-electron chi connectivity index (χ3n) is 3.57. The molecule has 2 amide bonds. The molecule has 0 unspecified atom stereocenters. The van der Waals surface area contributed by atoms with Crippen molar-refractivity contribution in [2.75, 3.05) is 25.5 Å². The van der Waals surface area contributed by atoms with Gasteiger partial charge >= 0.3 is 6.03 Å². The SMILES string of the molecule is Cc1ccc(OCCN(C)C(=O)Nc2nc3ccccc3s2)cc1. The number of anilines is 1. The maximum absolute atomic E-state index is 12.2. The van der Waals surface area contributed by atoms with E-state index in [1.165, 1.54) is 16.9 Å². The average Bonchev–Trinajstić information content (AvgIpc) is 2.98. The number of thiazole rings is 1. The van der Waals surface area contributed by atoms with E-state index in [9.17, 15) is 4.79 Å². The van der Waals surface area contributed by atoms with Gasteiger partial charge in [-0.15, -0.1) is 0 Å². The zero-order valence-corrected chi connectivity index (χ0v) is 14.5. The number of hydrogen-bond donors (Lipinski definition) is 1. The molecule has 0 aliphatic carbocycles. The van der Waals surface area contributed by atoms with E-state index < -0.39 is 0 Å². The first-order valence-electron chi connectivity index (χ1n) is 7.69. The lowest BCUT2D eigenvalue weighted by Gasteiger charge is -2.17. The van der Waals surface area contributed by atoms with E-state index in [2.05, 4.69) is 10.3 Å². The molecule has 0 saturated heterocycles. The molecular formula is C18H19N3O2S. The Morgan fingerprint density at radius 1 is 1.21 bits per heavy atom. The first-order chi connectivity index (χ1) is 11.6. The number of carbonyl (C=O) groups is 1. The number of carbonyl (C=O) groups excluding carboxylic acids is 1. The fraction of sp³-hybridized carbons (Fsp3) is 0.222. The number of urea groups is 1. The van der Waals surface area contributed by atoms with Gasteiger partial charge in [-0.05, 0) is 31.2 Å². The number of nitrogens with one attached hydrogen (secondary N) is 1. The number of hydrogen-bond acceptors (Lipinski definition) is 4. The summed E-state index contributed by atoms with van der Waals surface area (Å²) >= 11 is 1.46. The minimum absolute atomic E-state index is 0.193. The van der Waals surface area contributed by atoms with Gasteiger partial charge in [-0.2, -0.15) is 0 Å². The Bertz CT molecular complexity index is 797. The summed E-state index contributed by atoms with van der Waals surface area (Å²) in [5.74, 6) is 0.806. The second-order valence-corrected chi connectivity index (χ2v) is 6.53. The van der Waals surface area contributed by atoms with Gasteiger partial charge in [0.15, 0.2) is 5.13 Å². The van der Waals surface area contributed by atoms with E-state index in [0.29, 0.717) is 18.3 Å². The van der Waals surface area contributed by atoms with Crippen molar-refractivity contribution in [3.63, 3.8) is 0 Å². The van der Waals surface area contributed by atoms with E-state index in [1.54, 1.807) is 11.9 Å². The predicted octanol–water partition coefficient (Wildman–Crippen LogP) is 4.15. The molecule has 1 heterocycles. The molecule has 0 spiro atoms. The Labute approximate surface area is 144 Å². The van der Waals surface area contributed by atoms with Crippen molar-refractivity contribution in [1.82, 2.24) is 9.88 Å². The molecule has 2 aromatic carbocycles. The monoisotopic (exact) mass is 341 g/mol. The van der Waals surface area contributed by atoms with Crippen LogP contribution in [0.1, 0.15) is 5.56 Å². The highest BCUT2D eigenvalue weighted by Crippen LogP contribution is 2.25. The van der Waals surface area contributed by atoms with Gasteiger partial charge in [0.05, 0.1) is 16.8 Å². The molecule has 0 aliphatic heterocycles. The number of para-hydroxylation sites is 1. The molecule has 5 nitrogen and oxygen atoms in total. The first-order valence-corrected chi connectivity index (χ1v) is 8.50. The number of likely N-dealkylation sites (N-methyl/N-ethyl adjacent to an activating group) is 1. The molecule has 0 radical (unpaired) electrons. The molecule has 0 saturated carbocycles. The lowest BCUT2D eigenvalue weighted by atomic mass is 10.2. The summed E-state index contributed by atoms with van der Waals surface area (Å²) in [5, 5.41) is 3.43. The summed E-state index contributed by atoms with van der Waals surface area (Å²) < 4.78 is 6.70. The Hall–Kier alpha value is -2.60. The Balaban J connectivity index is 1.50. The second kappa shape index (κ2) is 7.31. The highest BCUT2D eigenvalue weighted by atomic mass is 32.1. The molecule has 0 bridgehead atoms. The smallest absolute Gasteiger partial charge is 0.323 e. The topological polar surface area (TPSA) is 54.5 Å². The molecule has 0 atom stereocenters. The lowest BCUT2D eigenvalue weighted by molar-refractivity contribution is 0.207. The van der Waals surface area contributed by atoms with Crippen molar-refractivity contribution in [1.29, 1.82) is 0 Å². The number of aromatic nitrogens is 1. The largest absolute Gasteiger partial charge is 0.492 e. The summed E-state index contributed by atoms with van der Waals surface area (Å²) in [7, 11) is 1.74. The van der Waals surface area contributed by atoms with Crippen molar-refractivity contribution in [3.05, 3.63) is 54.1 Å². The summed E-state index contributed by atoms with van der Waals surface area (Å²) in [5.41, 5.74) is 2.08. The van der Waals surface area contributed by atoms with E-state index in [0.717, 1.165) is 16.0 Å². The summed E-state index contributed by atoms with van der Waals surface area (Å²) in [6.45, 7) is 2.96. The summed E-state index contributed by atoms with van der Waals surface area (Å²) in [6.07, 6.45) is 0. The zero-order chi connectivity index (χ0) is 16.9. The number of nitrogens with zero attached hydrogens (tertiary/aromatic N) is 2. The highest BCUT2D eigenvalue weighted by Gasteiger charge is 2.11. The van der Waals surface area contributed by atoms with Crippen LogP contribution in [0.2, 0.25) is 0 Å². The molecule has 6 heteroatoms. The predicted molar refractivity (Wildman–Crippen MR) is 97.9 cm³/mol. The van der Waals surface area contributed by atoms with Crippen LogP contribution in [0.4, 0.5) is 9.93 Å². The van der Waals surface area contributed by atoms with E-state index in [1.807, 2.05) is 55.5 Å². The quantitative estimate of drug-likeness (QED) is 0.758. The fourth-order valence-corrected chi connectivity index (χ4v) is 3.00. The van der Waals surface area contributed by atoms with Crippen LogP contribution in [0, 0.1) is 6.92 Å². The normalized spacial score (nSPS) is 10.6. The molecule has 24 heavy (non-hydrogen) atoms. The fourth-order valence-electron chi connectivity index (χ4n) is 2.15. The van der Waals surface area contributed by atoms with Gasteiger partial charge in [0.1, 0.15) is 12.4 Å². The van der Waals surface area contributed by atoms with Gasteiger partial charge in [-0.1, -0.05) is 41.2 Å². The highest BCUT2D eigenvalue weighted by molar-refractivity contribution is 7.22. The molecule has 3 rings (SSSR count). The molecule has 3 aromatic rings. The third kappa shape index (κ3) is 4.02. The average molecular weight is 341 g/mol. The van der Waals surface area contributed by atoms with Crippen LogP contribution in [0.5, 0.6) is 5.75 Å². The Morgan fingerprint density at radius 3 is 2.71 bits per heavy atom. The maximum atomic E-state index is 12.2. The van der Waals surface area contributed by atoms with Crippen LogP contribution in [0.15, 0.2) is 48.5 Å². The van der Waals surface area contributed by atoms with E-state index in [-0.39, 0.29) is 6.03 Å². The van der Waals surface area contributed by atoms with Crippen LogP contribution in [-0.2, 0) is 0 Å². The molecule has 1 N–H and O–H groups in total. The van der Waals surface area contributed by atoms with Crippen LogP contribution in [-0.4, -0.2) is 36.1 Å². The van der Waals surface area contributed by atoms with Crippen molar-refractivity contribution < 1.29 is 9.53 Å². The number of aryl methyl sites for hydroxylation is 1. The molecule has 0 fully saturated rings. The van der Waals surface area contributed by atoms with E-state index in [4.69, 9.17) is 4.74 Å². The number of benzene rings is 2. The van der Waals surface area contributed by atoms with Crippen molar-refractivity contribution >= 4 is 32.7 Å². The Kier molecular flexibility index (Phi) is 4.96. The minimum atomic E-state index is -0.193. The molecule has 124 valence electrons.